The van der Waals surface area contributed by atoms with E-state index in [9.17, 15) is 0 Å². The van der Waals surface area contributed by atoms with Gasteiger partial charge in [-0.05, 0) is 36.3 Å². The van der Waals surface area contributed by atoms with E-state index in [1.807, 2.05) is 6.07 Å². The van der Waals surface area contributed by atoms with Gasteiger partial charge < -0.3 is 11.1 Å². The minimum absolute atomic E-state index is 0.254. The van der Waals surface area contributed by atoms with Crippen molar-refractivity contribution in [1.29, 1.82) is 0 Å². The van der Waals surface area contributed by atoms with Gasteiger partial charge in [0, 0.05) is 0 Å². The summed E-state index contributed by atoms with van der Waals surface area (Å²) in [5.74, 6) is 0. The highest BCUT2D eigenvalue weighted by atomic mass is 32.1. The predicted octanol–water partition coefficient (Wildman–Crippen LogP) is 2.51. The van der Waals surface area contributed by atoms with E-state index >= 15 is 0 Å². The molecule has 3 N–H and O–H groups in total. The Morgan fingerprint density at radius 2 is 2.40 bits per heavy atom. The Morgan fingerprint density at radius 1 is 1.60 bits per heavy atom. The molecule has 1 heterocycles. The molecular weight excluding hydrogens is 226 g/mol. The Bertz CT molecular complexity index is 504. The molecule has 3 nitrogen and oxygen atoms in total. The first kappa shape index (κ1) is 10.3. The van der Waals surface area contributed by atoms with Crippen LogP contribution in [-0.2, 0) is 6.42 Å². The van der Waals surface area contributed by atoms with E-state index in [4.69, 9.17) is 18.0 Å². The van der Waals surface area contributed by atoms with Crippen LogP contribution in [0.3, 0.4) is 0 Å². The Hall–Kier alpha value is -1.20. The van der Waals surface area contributed by atoms with Crippen LogP contribution in [0.25, 0.3) is 10.2 Å². The predicted molar refractivity (Wildman–Crippen MR) is 69.4 cm³/mol. The lowest BCUT2D eigenvalue weighted by Crippen LogP contribution is -2.18. The summed E-state index contributed by atoms with van der Waals surface area (Å²) in [6.07, 6.45) is 1.03. The van der Waals surface area contributed by atoms with Gasteiger partial charge in [-0.25, -0.2) is 4.98 Å². The average molecular weight is 237 g/mol. The number of aryl methyl sites for hydroxylation is 1. The molecule has 0 bridgehead atoms. The van der Waals surface area contributed by atoms with Crippen LogP contribution in [0, 0.1) is 0 Å². The Morgan fingerprint density at radius 3 is 3.07 bits per heavy atom. The summed E-state index contributed by atoms with van der Waals surface area (Å²) in [6, 6.07) is 6.26. The number of hydrogen-bond acceptors (Lipinski definition) is 3. The highest BCUT2D eigenvalue weighted by Gasteiger charge is 2.04. The van der Waals surface area contributed by atoms with E-state index in [1.165, 1.54) is 5.56 Å². The summed E-state index contributed by atoms with van der Waals surface area (Å²) in [5, 5.41) is 3.86. The van der Waals surface area contributed by atoms with Crippen LogP contribution in [0.2, 0.25) is 0 Å². The van der Waals surface area contributed by atoms with E-state index in [0.29, 0.717) is 0 Å². The second-order valence-corrected chi connectivity index (χ2v) is 4.63. The zero-order valence-corrected chi connectivity index (χ0v) is 9.91. The molecule has 0 atom stereocenters. The molecule has 0 radical (unpaired) electrons. The van der Waals surface area contributed by atoms with Crippen LogP contribution in [0.15, 0.2) is 18.2 Å². The molecule has 2 aromatic rings. The molecule has 0 aliphatic heterocycles. The number of benzene rings is 1. The SMILES string of the molecule is CCc1ccc2nc(NC(N)=S)sc2c1. The van der Waals surface area contributed by atoms with Gasteiger partial charge in [0.1, 0.15) is 0 Å². The third-order valence-corrected chi connectivity index (χ3v) is 3.13. The maximum absolute atomic E-state index is 5.39. The zero-order valence-electron chi connectivity index (χ0n) is 8.28. The number of thiocarbonyl (C=S) groups is 1. The highest BCUT2D eigenvalue weighted by Crippen LogP contribution is 2.26. The molecule has 78 valence electrons. The van der Waals surface area contributed by atoms with Crippen molar-refractivity contribution in [2.75, 3.05) is 5.32 Å². The highest BCUT2D eigenvalue weighted by molar-refractivity contribution is 7.80. The Balaban J connectivity index is 2.42. The smallest absolute Gasteiger partial charge is 0.190 e. The fraction of sp³-hybridized carbons (Fsp3) is 0.200. The summed E-state index contributed by atoms with van der Waals surface area (Å²) in [5.41, 5.74) is 7.68. The quantitative estimate of drug-likeness (QED) is 0.788. The lowest BCUT2D eigenvalue weighted by Gasteiger charge is -1.94. The first-order valence-electron chi connectivity index (χ1n) is 4.65. The molecule has 0 saturated carbocycles. The Kier molecular flexibility index (Phi) is 2.83. The van der Waals surface area contributed by atoms with Crippen molar-refractivity contribution in [2.24, 2.45) is 5.73 Å². The third-order valence-electron chi connectivity index (χ3n) is 2.09. The average Bonchev–Trinajstić information content (AvgIpc) is 2.57. The van der Waals surface area contributed by atoms with E-state index in [2.05, 4.69) is 29.4 Å². The monoisotopic (exact) mass is 237 g/mol. The van der Waals surface area contributed by atoms with Gasteiger partial charge in [0.25, 0.3) is 0 Å². The van der Waals surface area contributed by atoms with E-state index in [1.54, 1.807) is 11.3 Å². The van der Waals surface area contributed by atoms with Gasteiger partial charge in [-0.15, -0.1) is 0 Å². The van der Waals surface area contributed by atoms with Gasteiger partial charge in [-0.2, -0.15) is 0 Å². The summed E-state index contributed by atoms with van der Waals surface area (Å²) >= 11 is 6.33. The van der Waals surface area contributed by atoms with Crippen LogP contribution in [0.1, 0.15) is 12.5 Å². The van der Waals surface area contributed by atoms with Crippen molar-refractivity contribution >= 4 is 44.0 Å². The van der Waals surface area contributed by atoms with Crippen molar-refractivity contribution in [2.45, 2.75) is 13.3 Å². The number of nitrogens with two attached hydrogens (primary N) is 1. The molecule has 0 aliphatic carbocycles. The molecule has 0 unspecified atom stereocenters. The molecule has 0 saturated heterocycles. The van der Waals surface area contributed by atoms with Gasteiger partial charge in [0.05, 0.1) is 10.2 Å². The summed E-state index contributed by atoms with van der Waals surface area (Å²) in [7, 11) is 0. The van der Waals surface area contributed by atoms with E-state index < -0.39 is 0 Å². The van der Waals surface area contributed by atoms with Gasteiger partial charge in [0.2, 0.25) is 0 Å². The van der Waals surface area contributed by atoms with Gasteiger partial charge in [-0.3, -0.25) is 0 Å². The topological polar surface area (TPSA) is 50.9 Å². The summed E-state index contributed by atoms with van der Waals surface area (Å²) in [4.78, 5) is 4.37. The third kappa shape index (κ3) is 2.24. The Labute approximate surface area is 97.3 Å². The molecule has 0 amide bonds. The molecule has 1 aromatic heterocycles. The number of fused-ring (bicyclic) bond motifs is 1. The number of hydrogen-bond donors (Lipinski definition) is 2. The maximum atomic E-state index is 5.39. The molecular formula is C10H11N3S2. The van der Waals surface area contributed by atoms with Crippen LogP contribution in [0.5, 0.6) is 0 Å². The standard InChI is InChI=1S/C10H11N3S2/c1-2-6-3-4-7-8(5-6)15-10(12-7)13-9(11)14/h3-5H,2H2,1H3,(H3,11,12,13,14). The van der Waals surface area contributed by atoms with Gasteiger partial charge in [0.15, 0.2) is 10.2 Å². The number of nitrogens with zero attached hydrogens (tertiary/aromatic N) is 1. The number of aromatic nitrogens is 1. The van der Waals surface area contributed by atoms with Crippen molar-refractivity contribution < 1.29 is 0 Å². The molecule has 5 heteroatoms. The molecule has 1 aromatic carbocycles. The first-order chi connectivity index (χ1) is 7.19. The largest absolute Gasteiger partial charge is 0.376 e. The molecule has 2 rings (SSSR count). The molecule has 0 fully saturated rings. The first-order valence-corrected chi connectivity index (χ1v) is 5.87. The number of thiazole rings is 1. The fourth-order valence-corrected chi connectivity index (χ4v) is 2.45. The van der Waals surface area contributed by atoms with Gasteiger partial charge in [-0.1, -0.05) is 24.3 Å². The molecule has 0 aliphatic rings. The van der Waals surface area contributed by atoms with E-state index in [-0.39, 0.29) is 5.11 Å². The van der Waals surface area contributed by atoms with E-state index in [0.717, 1.165) is 21.8 Å². The second kappa shape index (κ2) is 4.12. The number of nitrogens with one attached hydrogen (secondary N) is 1. The number of anilines is 1. The van der Waals surface area contributed by atoms with Crippen molar-refractivity contribution in [3.8, 4) is 0 Å². The van der Waals surface area contributed by atoms with Crippen LogP contribution >= 0.6 is 23.6 Å². The fourth-order valence-electron chi connectivity index (χ4n) is 1.35. The minimum atomic E-state index is 0.254. The maximum Gasteiger partial charge on any atom is 0.190 e. The van der Waals surface area contributed by atoms with Crippen LogP contribution in [-0.4, -0.2) is 10.1 Å². The summed E-state index contributed by atoms with van der Waals surface area (Å²) < 4.78 is 1.16. The minimum Gasteiger partial charge on any atom is -0.376 e. The van der Waals surface area contributed by atoms with Crippen molar-refractivity contribution in [3.63, 3.8) is 0 Å². The lowest BCUT2D eigenvalue weighted by molar-refractivity contribution is 1.15. The second-order valence-electron chi connectivity index (χ2n) is 3.16. The lowest BCUT2D eigenvalue weighted by atomic mass is 10.2. The van der Waals surface area contributed by atoms with Crippen LogP contribution in [0.4, 0.5) is 5.13 Å². The zero-order chi connectivity index (χ0) is 10.8. The normalized spacial score (nSPS) is 10.5. The number of rotatable bonds is 2. The molecule has 0 spiro atoms. The van der Waals surface area contributed by atoms with Crippen molar-refractivity contribution in [3.05, 3.63) is 23.8 Å². The van der Waals surface area contributed by atoms with Crippen molar-refractivity contribution in [1.82, 2.24) is 4.98 Å². The molecule has 15 heavy (non-hydrogen) atoms. The van der Waals surface area contributed by atoms with Gasteiger partial charge >= 0.3 is 0 Å². The van der Waals surface area contributed by atoms with Crippen LogP contribution < -0.4 is 11.1 Å². The summed E-state index contributed by atoms with van der Waals surface area (Å²) in [6.45, 7) is 2.14.